The maximum atomic E-state index is 13.2. The topological polar surface area (TPSA) is 75.7 Å². The van der Waals surface area contributed by atoms with Crippen LogP contribution in [0.4, 0.5) is 4.39 Å². The molecule has 2 amide bonds. The van der Waals surface area contributed by atoms with E-state index in [2.05, 4.69) is 5.32 Å². The molecule has 3 rings (SSSR count). The number of ether oxygens (including phenoxy) is 1. The van der Waals surface area contributed by atoms with Gasteiger partial charge in [0.25, 0.3) is 0 Å². The summed E-state index contributed by atoms with van der Waals surface area (Å²) in [5.41, 5.74) is -0.613. The first-order valence-electron chi connectivity index (χ1n) is 7.80. The van der Waals surface area contributed by atoms with Crippen LogP contribution >= 0.6 is 0 Å². The lowest BCUT2D eigenvalue weighted by atomic mass is 9.78. The molecule has 2 aliphatic heterocycles. The Labute approximate surface area is 139 Å². The molecule has 2 heterocycles. The van der Waals surface area contributed by atoms with Crippen LogP contribution in [0.2, 0.25) is 0 Å². The Hall–Kier alpha value is -2.28. The van der Waals surface area contributed by atoms with Crippen LogP contribution < -0.4 is 5.32 Å². The second kappa shape index (κ2) is 5.66. The van der Waals surface area contributed by atoms with E-state index >= 15 is 0 Å². The molecule has 0 radical (unpaired) electrons. The number of likely N-dealkylation sites (tertiary alicyclic amines) is 1. The van der Waals surface area contributed by atoms with Gasteiger partial charge in [-0.15, -0.1) is 0 Å². The van der Waals surface area contributed by atoms with E-state index in [9.17, 15) is 18.8 Å². The van der Waals surface area contributed by atoms with Crippen LogP contribution in [0, 0.1) is 17.7 Å². The summed E-state index contributed by atoms with van der Waals surface area (Å²) in [6, 6.07) is 5.14. The van der Waals surface area contributed by atoms with Gasteiger partial charge in [0.05, 0.1) is 18.9 Å². The SMILES string of the molecule is CC[C@]1(C(=O)OC)N[C@@H](c2ccc(F)cc2)[C@H]2C(=O)N(C)C(=O)[C@H]21. The van der Waals surface area contributed by atoms with E-state index in [1.165, 1.54) is 26.3 Å². The summed E-state index contributed by atoms with van der Waals surface area (Å²) in [4.78, 5) is 38.8. The Kier molecular flexibility index (Phi) is 3.91. The number of methoxy groups -OCH3 is 1. The van der Waals surface area contributed by atoms with Gasteiger partial charge in [-0.3, -0.25) is 24.6 Å². The molecule has 7 heteroatoms. The number of carbonyl (C=O) groups is 3. The minimum atomic E-state index is -1.27. The first-order chi connectivity index (χ1) is 11.4. The zero-order valence-electron chi connectivity index (χ0n) is 13.7. The molecular formula is C17H19FN2O4. The fourth-order valence-corrected chi connectivity index (χ4v) is 3.94. The molecule has 6 nitrogen and oxygen atoms in total. The molecule has 2 aliphatic rings. The second-order valence-electron chi connectivity index (χ2n) is 6.23. The van der Waals surface area contributed by atoms with Crippen LogP contribution in [0.1, 0.15) is 24.9 Å². The molecule has 1 N–H and O–H groups in total. The van der Waals surface area contributed by atoms with E-state index in [-0.39, 0.29) is 5.91 Å². The van der Waals surface area contributed by atoms with E-state index in [0.29, 0.717) is 12.0 Å². The third kappa shape index (κ3) is 2.07. The zero-order chi connectivity index (χ0) is 17.6. The smallest absolute Gasteiger partial charge is 0.326 e. The predicted octanol–water partition coefficient (Wildman–Crippen LogP) is 1.02. The monoisotopic (exact) mass is 334 g/mol. The number of carbonyl (C=O) groups excluding carboxylic acids is 3. The largest absolute Gasteiger partial charge is 0.468 e. The van der Waals surface area contributed by atoms with E-state index in [4.69, 9.17) is 4.74 Å². The molecule has 4 atom stereocenters. The molecule has 24 heavy (non-hydrogen) atoms. The van der Waals surface area contributed by atoms with Gasteiger partial charge in [-0.25, -0.2) is 4.39 Å². The van der Waals surface area contributed by atoms with Crippen molar-refractivity contribution < 1.29 is 23.5 Å². The van der Waals surface area contributed by atoms with Crippen molar-refractivity contribution in [2.24, 2.45) is 11.8 Å². The average molecular weight is 334 g/mol. The van der Waals surface area contributed by atoms with Crippen molar-refractivity contribution in [3.05, 3.63) is 35.6 Å². The minimum Gasteiger partial charge on any atom is -0.468 e. The molecule has 2 saturated heterocycles. The highest BCUT2D eigenvalue weighted by Gasteiger charge is 2.67. The van der Waals surface area contributed by atoms with Gasteiger partial charge in [0.2, 0.25) is 11.8 Å². The quantitative estimate of drug-likeness (QED) is 0.660. The van der Waals surface area contributed by atoms with E-state index in [1.54, 1.807) is 19.1 Å². The summed E-state index contributed by atoms with van der Waals surface area (Å²) < 4.78 is 18.1. The summed E-state index contributed by atoms with van der Waals surface area (Å²) in [5.74, 6) is -3.25. The van der Waals surface area contributed by atoms with Gasteiger partial charge in [0.1, 0.15) is 11.4 Å². The van der Waals surface area contributed by atoms with Crippen molar-refractivity contribution >= 4 is 17.8 Å². The lowest BCUT2D eigenvalue weighted by Crippen LogP contribution is -2.55. The number of esters is 1. The summed E-state index contributed by atoms with van der Waals surface area (Å²) in [5, 5.41) is 3.16. The molecule has 0 aromatic heterocycles. The molecule has 0 spiro atoms. The Morgan fingerprint density at radius 1 is 1.29 bits per heavy atom. The summed E-state index contributed by atoms with van der Waals surface area (Å²) >= 11 is 0. The Morgan fingerprint density at radius 2 is 1.92 bits per heavy atom. The molecule has 1 aromatic carbocycles. The van der Waals surface area contributed by atoms with Crippen LogP contribution in [-0.4, -0.2) is 42.4 Å². The van der Waals surface area contributed by atoms with Gasteiger partial charge < -0.3 is 4.74 Å². The van der Waals surface area contributed by atoms with Crippen LogP contribution in [0.15, 0.2) is 24.3 Å². The van der Waals surface area contributed by atoms with Crippen molar-refractivity contribution in [2.75, 3.05) is 14.2 Å². The highest BCUT2D eigenvalue weighted by Crippen LogP contribution is 2.49. The number of rotatable bonds is 3. The van der Waals surface area contributed by atoms with Crippen molar-refractivity contribution in [2.45, 2.75) is 24.9 Å². The van der Waals surface area contributed by atoms with E-state index < -0.39 is 41.1 Å². The standard InChI is InChI=1S/C17H19FN2O4/c1-4-17(16(23)24-3)12-11(14(21)20(2)15(12)22)13(19-17)9-5-7-10(18)8-6-9/h5-8,11-13,19H,4H2,1-3H3/t11-,12-,13-,17-/m0/s1. The van der Waals surface area contributed by atoms with Crippen molar-refractivity contribution in [1.82, 2.24) is 10.2 Å². The first kappa shape index (κ1) is 16.6. The van der Waals surface area contributed by atoms with Crippen molar-refractivity contribution in [1.29, 1.82) is 0 Å². The molecule has 0 unspecified atom stereocenters. The van der Waals surface area contributed by atoms with Gasteiger partial charge in [-0.05, 0) is 24.1 Å². The van der Waals surface area contributed by atoms with Gasteiger partial charge in [0, 0.05) is 13.1 Å². The molecule has 0 aliphatic carbocycles. The van der Waals surface area contributed by atoms with Gasteiger partial charge in [0.15, 0.2) is 0 Å². The number of halogens is 1. The Morgan fingerprint density at radius 3 is 2.46 bits per heavy atom. The van der Waals surface area contributed by atoms with Gasteiger partial charge in [-0.1, -0.05) is 19.1 Å². The zero-order valence-corrected chi connectivity index (χ0v) is 13.7. The lowest BCUT2D eigenvalue weighted by Gasteiger charge is -2.30. The van der Waals surface area contributed by atoms with Gasteiger partial charge >= 0.3 is 5.97 Å². The number of nitrogens with zero attached hydrogens (tertiary/aromatic N) is 1. The van der Waals surface area contributed by atoms with Crippen molar-refractivity contribution in [3.8, 4) is 0 Å². The molecule has 2 fully saturated rings. The maximum Gasteiger partial charge on any atom is 0.326 e. The number of hydrogen-bond acceptors (Lipinski definition) is 5. The average Bonchev–Trinajstić information content (AvgIpc) is 3.05. The van der Waals surface area contributed by atoms with Crippen LogP contribution in [0.3, 0.4) is 0 Å². The van der Waals surface area contributed by atoms with Gasteiger partial charge in [-0.2, -0.15) is 0 Å². The first-order valence-corrected chi connectivity index (χ1v) is 7.80. The Bertz CT molecular complexity index is 705. The molecule has 1 aromatic rings. The van der Waals surface area contributed by atoms with Crippen LogP contribution in [-0.2, 0) is 19.1 Å². The van der Waals surface area contributed by atoms with Crippen LogP contribution in [0.5, 0.6) is 0 Å². The molecule has 128 valence electrons. The number of hydrogen-bond donors (Lipinski definition) is 1. The molecule has 0 saturated carbocycles. The lowest BCUT2D eigenvalue weighted by molar-refractivity contribution is -0.154. The second-order valence-corrected chi connectivity index (χ2v) is 6.23. The number of nitrogens with one attached hydrogen (secondary N) is 1. The number of fused-ring (bicyclic) bond motifs is 1. The number of imide groups is 1. The highest BCUT2D eigenvalue weighted by atomic mass is 19.1. The molecular weight excluding hydrogens is 315 g/mol. The predicted molar refractivity (Wildman–Crippen MR) is 82.1 cm³/mol. The van der Waals surface area contributed by atoms with Crippen LogP contribution in [0.25, 0.3) is 0 Å². The fourth-order valence-electron chi connectivity index (χ4n) is 3.94. The van der Waals surface area contributed by atoms with E-state index in [0.717, 1.165) is 4.90 Å². The van der Waals surface area contributed by atoms with E-state index in [1.807, 2.05) is 0 Å². The van der Waals surface area contributed by atoms with Crippen molar-refractivity contribution in [3.63, 3.8) is 0 Å². The normalized spacial score (nSPS) is 32.2. The summed E-state index contributed by atoms with van der Waals surface area (Å²) in [6.07, 6.45) is 0.297. The third-order valence-electron chi connectivity index (χ3n) is 5.21. The molecule has 0 bridgehead atoms. The summed E-state index contributed by atoms with van der Waals surface area (Å²) in [7, 11) is 2.68. The number of benzene rings is 1. The maximum absolute atomic E-state index is 13.2. The third-order valence-corrected chi connectivity index (χ3v) is 5.21. The Balaban J connectivity index is 2.12. The summed E-state index contributed by atoms with van der Waals surface area (Å²) in [6.45, 7) is 1.77. The minimum absolute atomic E-state index is 0.297. The number of amides is 2. The highest BCUT2D eigenvalue weighted by molar-refractivity contribution is 6.09. The fraction of sp³-hybridized carbons (Fsp3) is 0.471.